The Balaban J connectivity index is 1.53. The molecule has 0 atom stereocenters. The first-order valence-electron chi connectivity index (χ1n) is 8.61. The standard InChI is InChI=1S/C21H21N3O2/c1-2-15-26-20-11-5-17(6-12-20)16-22-23-21(25)18-7-9-19(10-8-18)24-13-3-4-14-24/h1,5-12,16H,3-4,13-15H2,(H,23,25)/b22-16-. The minimum Gasteiger partial charge on any atom is -0.481 e. The lowest BCUT2D eigenvalue weighted by atomic mass is 10.2. The molecule has 5 nitrogen and oxygen atoms in total. The predicted molar refractivity (Wildman–Crippen MR) is 104 cm³/mol. The molecule has 0 saturated carbocycles. The molecule has 2 aromatic rings. The highest BCUT2D eigenvalue weighted by Crippen LogP contribution is 2.20. The highest BCUT2D eigenvalue weighted by Gasteiger charge is 2.12. The first-order chi connectivity index (χ1) is 12.8. The molecular weight excluding hydrogens is 326 g/mol. The lowest BCUT2D eigenvalue weighted by molar-refractivity contribution is 0.0955. The van der Waals surface area contributed by atoms with E-state index in [0.717, 1.165) is 24.3 Å². The van der Waals surface area contributed by atoms with Crippen LogP contribution in [0.25, 0.3) is 0 Å². The number of hydrogen-bond acceptors (Lipinski definition) is 4. The molecule has 1 N–H and O–H groups in total. The zero-order chi connectivity index (χ0) is 18.2. The lowest BCUT2D eigenvalue weighted by Crippen LogP contribution is -2.19. The first-order valence-corrected chi connectivity index (χ1v) is 8.61. The largest absolute Gasteiger partial charge is 0.481 e. The van der Waals surface area contributed by atoms with Crippen LogP contribution in [0.15, 0.2) is 53.6 Å². The Hall–Kier alpha value is -3.26. The van der Waals surface area contributed by atoms with Gasteiger partial charge < -0.3 is 9.64 Å². The summed E-state index contributed by atoms with van der Waals surface area (Å²) in [5, 5.41) is 4.00. The van der Waals surface area contributed by atoms with Crippen molar-refractivity contribution in [2.75, 3.05) is 24.6 Å². The Morgan fingerprint density at radius 1 is 1.15 bits per heavy atom. The van der Waals surface area contributed by atoms with Gasteiger partial charge in [0.1, 0.15) is 12.4 Å². The summed E-state index contributed by atoms with van der Waals surface area (Å²) >= 11 is 0. The molecule has 1 heterocycles. The molecule has 3 rings (SSSR count). The Labute approximate surface area is 153 Å². The minimum atomic E-state index is -0.233. The van der Waals surface area contributed by atoms with Crippen LogP contribution in [0.2, 0.25) is 0 Å². The number of nitrogens with zero attached hydrogens (tertiary/aromatic N) is 2. The SMILES string of the molecule is C#CCOc1ccc(/C=N\NC(=O)c2ccc(N3CCCC3)cc2)cc1. The van der Waals surface area contributed by atoms with Crippen LogP contribution in [-0.2, 0) is 0 Å². The highest BCUT2D eigenvalue weighted by atomic mass is 16.5. The van der Waals surface area contributed by atoms with Crippen LogP contribution in [-0.4, -0.2) is 31.8 Å². The molecule has 0 unspecified atom stereocenters. The number of terminal acetylenes is 1. The van der Waals surface area contributed by atoms with E-state index in [9.17, 15) is 4.79 Å². The fraction of sp³-hybridized carbons (Fsp3) is 0.238. The minimum absolute atomic E-state index is 0.233. The number of ether oxygens (including phenoxy) is 1. The van der Waals surface area contributed by atoms with E-state index in [2.05, 4.69) is 21.3 Å². The maximum absolute atomic E-state index is 12.2. The van der Waals surface area contributed by atoms with Gasteiger partial charge in [0.05, 0.1) is 6.21 Å². The Morgan fingerprint density at radius 3 is 2.50 bits per heavy atom. The van der Waals surface area contributed by atoms with E-state index in [0.29, 0.717) is 11.3 Å². The summed E-state index contributed by atoms with van der Waals surface area (Å²) in [6, 6.07) is 14.9. The van der Waals surface area contributed by atoms with Crippen molar-refractivity contribution in [2.24, 2.45) is 5.10 Å². The van der Waals surface area contributed by atoms with Gasteiger partial charge >= 0.3 is 0 Å². The number of anilines is 1. The number of hydrogen-bond donors (Lipinski definition) is 1. The summed E-state index contributed by atoms with van der Waals surface area (Å²) in [5.41, 5.74) is 5.14. The molecule has 1 fully saturated rings. The van der Waals surface area contributed by atoms with Gasteiger partial charge in [-0.3, -0.25) is 4.79 Å². The molecule has 2 aromatic carbocycles. The summed E-state index contributed by atoms with van der Waals surface area (Å²) in [5.74, 6) is 2.88. The van der Waals surface area contributed by atoms with Gasteiger partial charge in [0, 0.05) is 24.3 Å². The number of hydrazone groups is 1. The van der Waals surface area contributed by atoms with E-state index in [1.54, 1.807) is 18.3 Å². The van der Waals surface area contributed by atoms with E-state index in [1.807, 2.05) is 36.4 Å². The Morgan fingerprint density at radius 2 is 1.85 bits per heavy atom. The molecule has 132 valence electrons. The molecule has 0 aliphatic carbocycles. The molecule has 0 bridgehead atoms. The van der Waals surface area contributed by atoms with Gasteiger partial charge in [-0.05, 0) is 66.9 Å². The second kappa shape index (κ2) is 8.72. The number of amides is 1. The van der Waals surface area contributed by atoms with Crippen LogP contribution >= 0.6 is 0 Å². The number of nitrogens with one attached hydrogen (secondary N) is 1. The van der Waals surface area contributed by atoms with Crippen LogP contribution in [0.5, 0.6) is 5.75 Å². The van der Waals surface area contributed by atoms with Crippen molar-refractivity contribution < 1.29 is 9.53 Å². The van der Waals surface area contributed by atoms with Crippen LogP contribution in [0.3, 0.4) is 0 Å². The van der Waals surface area contributed by atoms with Crippen molar-refractivity contribution in [1.29, 1.82) is 0 Å². The second-order valence-electron chi connectivity index (χ2n) is 6.00. The summed E-state index contributed by atoms with van der Waals surface area (Å²) in [7, 11) is 0. The van der Waals surface area contributed by atoms with Crippen molar-refractivity contribution in [2.45, 2.75) is 12.8 Å². The zero-order valence-electron chi connectivity index (χ0n) is 14.5. The average molecular weight is 347 g/mol. The molecule has 1 aliphatic heterocycles. The molecule has 0 spiro atoms. The number of benzene rings is 2. The van der Waals surface area contributed by atoms with Gasteiger partial charge in [-0.2, -0.15) is 5.10 Å². The van der Waals surface area contributed by atoms with Gasteiger partial charge in [-0.25, -0.2) is 5.43 Å². The third-order valence-corrected chi connectivity index (χ3v) is 4.18. The molecule has 1 saturated heterocycles. The monoisotopic (exact) mass is 347 g/mol. The summed E-state index contributed by atoms with van der Waals surface area (Å²) < 4.78 is 5.30. The first kappa shape index (κ1) is 17.6. The van der Waals surface area contributed by atoms with Crippen molar-refractivity contribution in [1.82, 2.24) is 5.43 Å². The van der Waals surface area contributed by atoms with E-state index >= 15 is 0 Å². The number of rotatable bonds is 6. The maximum Gasteiger partial charge on any atom is 0.271 e. The van der Waals surface area contributed by atoms with E-state index in [4.69, 9.17) is 11.2 Å². The summed E-state index contributed by atoms with van der Waals surface area (Å²) in [6.45, 7) is 2.41. The third-order valence-electron chi connectivity index (χ3n) is 4.18. The predicted octanol–water partition coefficient (Wildman–Crippen LogP) is 3.06. The van der Waals surface area contributed by atoms with Crippen molar-refractivity contribution in [3.63, 3.8) is 0 Å². The van der Waals surface area contributed by atoms with Crippen LogP contribution < -0.4 is 15.1 Å². The molecule has 1 aliphatic rings. The van der Waals surface area contributed by atoms with Crippen molar-refractivity contribution >= 4 is 17.8 Å². The third kappa shape index (κ3) is 4.64. The Bertz CT molecular complexity index is 799. The zero-order valence-corrected chi connectivity index (χ0v) is 14.5. The van der Waals surface area contributed by atoms with Gasteiger partial charge in [0.25, 0.3) is 5.91 Å². The van der Waals surface area contributed by atoms with Crippen LogP contribution in [0.1, 0.15) is 28.8 Å². The molecule has 0 aromatic heterocycles. The number of carbonyl (C=O) groups excluding carboxylic acids is 1. The number of carbonyl (C=O) groups is 1. The fourth-order valence-electron chi connectivity index (χ4n) is 2.80. The smallest absolute Gasteiger partial charge is 0.271 e. The van der Waals surface area contributed by atoms with E-state index in [-0.39, 0.29) is 12.5 Å². The maximum atomic E-state index is 12.2. The van der Waals surface area contributed by atoms with Gasteiger partial charge in [0.2, 0.25) is 0 Å². The van der Waals surface area contributed by atoms with E-state index in [1.165, 1.54) is 12.8 Å². The molecule has 26 heavy (non-hydrogen) atoms. The molecule has 0 radical (unpaired) electrons. The van der Waals surface area contributed by atoms with Gasteiger partial charge in [0.15, 0.2) is 0 Å². The van der Waals surface area contributed by atoms with Crippen molar-refractivity contribution in [3.05, 3.63) is 59.7 Å². The topological polar surface area (TPSA) is 53.9 Å². The highest BCUT2D eigenvalue weighted by molar-refractivity contribution is 5.95. The fourth-order valence-corrected chi connectivity index (χ4v) is 2.80. The normalized spacial score (nSPS) is 13.6. The van der Waals surface area contributed by atoms with Crippen molar-refractivity contribution in [3.8, 4) is 18.1 Å². The van der Waals surface area contributed by atoms with Gasteiger partial charge in [-0.1, -0.05) is 5.92 Å². The second-order valence-corrected chi connectivity index (χ2v) is 6.00. The molecule has 5 heteroatoms. The molecule has 1 amide bonds. The Kier molecular flexibility index (Phi) is 5.89. The molecular formula is C21H21N3O2. The lowest BCUT2D eigenvalue weighted by Gasteiger charge is -2.17. The average Bonchev–Trinajstić information content (AvgIpc) is 3.22. The van der Waals surface area contributed by atoms with Crippen LogP contribution in [0.4, 0.5) is 5.69 Å². The quantitative estimate of drug-likeness (QED) is 0.496. The van der Waals surface area contributed by atoms with Gasteiger partial charge in [-0.15, -0.1) is 6.42 Å². The van der Waals surface area contributed by atoms with Crippen LogP contribution in [0, 0.1) is 12.3 Å². The summed E-state index contributed by atoms with van der Waals surface area (Å²) in [4.78, 5) is 14.5. The summed E-state index contributed by atoms with van der Waals surface area (Å²) in [6.07, 6.45) is 9.19. The van der Waals surface area contributed by atoms with E-state index < -0.39 is 0 Å².